The number of nitrogens with zero attached hydrogens (tertiary/aromatic N) is 3. The van der Waals surface area contributed by atoms with E-state index in [2.05, 4.69) is 5.32 Å². The van der Waals surface area contributed by atoms with Gasteiger partial charge < -0.3 is 19.9 Å². The number of non-ortho nitro benzene ring substituents is 1. The van der Waals surface area contributed by atoms with E-state index in [9.17, 15) is 19.7 Å². The minimum atomic E-state index is -0.803. The quantitative estimate of drug-likeness (QED) is 0.411. The van der Waals surface area contributed by atoms with Crippen molar-refractivity contribution in [3.05, 3.63) is 63.7 Å². The molecule has 29 heavy (non-hydrogen) atoms. The summed E-state index contributed by atoms with van der Waals surface area (Å²) >= 11 is 0. The molecule has 0 bridgehead atoms. The third kappa shape index (κ3) is 5.93. The number of benzene rings is 2. The van der Waals surface area contributed by atoms with Crippen LogP contribution in [0.25, 0.3) is 0 Å². The summed E-state index contributed by atoms with van der Waals surface area (Å²) in [6, 6.07) is 11.6. The van der Waals surface area contributed by atoms with Gasteiger partial charge in [0.05, 0.1) is 16.2 Å². The van der Waals surface area contributed by atoms with Gasteiger partial charge in [0.15, 0.2) is 6.61 Å². The molecule has 1 amide bonds. The van der Waals surface area contributed by atoms with Crippen molar-refractivity contribution < 1.29 is 19.2 Å². The van der Waals surface area contributed by atoms with Gasteiger partial charge in [-0.2, -0.15) is 0 Å². The van der Waals surface area contributed by atoms with Crippen molar-refractivity contribution in [2.75, 3.05) is 44.6 Å². The van der Waals surface area contributed by atoms with Crippen molar-refractivity contribution in [2.45, 2.75) is 6.54 Å². The number of ether oxygens (including phenoxy) is 1. The molecule has 2 rings (SSSR count). The Kier molecular flexibility index (Phi) is 7.13. The summed E-state index contributed by atoms with van der Waals surface area (Å²) < 4.78 is 5.05. The van der Waals surface area contributed by atoms with E-state index in [0.29, 0.717) is 12.2 Å². The molecule has 0 atom stereocenters. The summed E-state index contributed by atoms with van der Waals surface area (Å²) in [7, 11) is 7.28. The summed E-state index contributed by atoms with van der Waals surface area (Å²) in [5, 5.41) is 13.6. The zero-order valence-electron chi connectivity index (χ0n) is 16.8. The molecule has 1 N–H and O–H groups in total. The fourth-order valence-electron chi connectivity index (χ4n) is 2.56. The van der Waals surface area contributed by atoms with Crippen LogP contribution in [0.15, 0.2) is 42.5 Å². The molecular formula is C20H24N4O5. The number of anilines is 2. The molecule has 2 aromatic carbocycles. The number of esters is 1. The summed E-state index contributed by atoms with van der Waals surface area (Å²) in [5.41, 5.74) is 2.21. The zero-order chi connectivity index (χ0) is 21.6. The molecule has 9 heteroatoms. The van der Waals surface area contributed by atoms with Crippen LogP contribution in [-0.2, 0) is 16.1 Å². The maximum atomic E-state index is 12.4. The molecule has 0 aromatic heterocycles. The lowest BCUT2D eigenvalue weighted by Gasteiger charge is -2.16. The number of rotatable bonds is 8. The summed E-state index contributed by atoms with van der Waals surface area (Å²) in [6.45, 7) is -0.186. The van der Waals surface area contributed by atoms with Gasteiger partial charge in [-0.05, 0) is 23.8 Å². The van der Waals surface area contributed by atoms with Crippen LogP contribution >= 0.6 is 0 Å². The zero-order valence-corrected chi connectivity index (χ0v) is 16.8. The Morgan fingerprint density at radius 1 is 1.03 bits per heavy atom. The van der Waals surface area contributed by atoms with Crippen molar-refractivity contribution in [1.29, 1.82) is 0 Å². The Balaban J connectivity index is 1.95. The number of carbonyl (C=O) groups excluding carboxylic acids is 2. The topological polar surface area (TPSA) is 105 Å². The Hall–Kier alpha value is -3.62. The van der Waals surface area contributed by atoms with Gasteiger partial charge in [-0.3, -0.25) is 14.9 Å². The SMILES string of the molecule is CN(C)c1ccc(CNC(=O)COC(=O)c2cc([N+](=O)[O-])ccc2N(C)C)cc1. The van der Waals surface area contributed by atoms with Crippen LogP contribution in [0.1, 0.15) is 15.9 Å². The molecular weight excluding hydrogens is 376 g/mol. The molecule has 0 saturated heterocycles. The average molecular weight is 400 g/mol. The highest BCUT2D eigenvalue weighted by Crippen LogP contribution is 2.25. The minimum Gasteiger partial charge on any atom is -0.452 e. The first kappa shape index (κ1) is 21.7. The van der Waals surface area contributed by atoms with Crippen molar-refractivity contribution >= 4 is 28.9 Å². The molecule has 154 valence electrons. The van der Waals surface area contributed by atoms with Crippen LogP contribution in [-0.4, -0.2) is 51.6 Å². The minimum absolute atomic E-state index is 0.0243. The Morgan fingerprint density at radius 2 is 1.69 bits per heavy atom. The molecule has 0 saturated carbocycles. The van der Waals surface area contributed by atoms with Crippen molar-refractivity contribution in [3.8, 4) is 0 Å². The Bertz CT molecular complexity index is 894. The lowest BCUT2D eigenvalue weighted by atomic mass is 10.1. The van der Waals surface area contributed by atoms with Gasteiger partial charge in [-0.1, -0.05) is 12.1 Å². The Morgan fingerprint density at radius 3 is 2.24 bits per heavy atom. The molecule has 0 aliphatic carbocycles. The number of amides is 1. The second kappa shape index (κ2) is 9.54. The van der Waals surface area contributed by atoms with Gasteiger partial charge in [0, 0.05) is 52.6 Å². The van der Waals surface area contributed by atoms with Crippen LogP contribution in [0.4, 0.5) is 17.1 Å². The molecule has 0 aliphatic heterocycles. The van der Waals surface area contributed by atoms with Gasteiger partial charge in [0.25, 0.3) is 11.6 Å². The normalized spacial score (nSPS) is 10.2. The molecule has 0 radical (unpaired) electrons. The third-order valence-electron chi connectivity index (χ3n) is 4.17. The molecule has 0 fully saturated rings. The predicted octanol–water partition coefficient (Wildman–Crippen LogP) is 2.20. The molecule has 0 aliphatic rings. The number of nitrogens with one attached hydrogen (secondary N) is 1. The number of hydrogen-bond acceptors (Lipinski definition) is 7. The van der Waals surface area contributed by atoms with E-state index in [-0.39, 0.29) is 11.3 Å². The van der Waals surface area contributed by atoms with Gasteiger partial charge in [0.1, 0.15) is 0 Å². The second-order valence-corrected chi connectivity index (χ2v) is 6.77. The predicted molar refractivity (Wildman–Crippen MR) is 110 cm³/mol. The third-order valence-corrected chi connectivity index (χ3v) is 4.17. The first-order valence-corrected chi connectivity index (χ1v) is 8.85. The number of hydrogen-bond donors (Lipinski definition) is 1. The molecule has 0 heterocycles. The van der Waals surface area contributed by atoms with E-state index < -0.39 is 23.4 Å². The van der Waals surface area contributed by atoms with Crippen molar-refractivity contribution in [1.82, 2.24) is 5.32 Å². The fraction of sp³-hybridized carbons (Fsp3) is 0.300. The first-order chi connectivity index (χ1) is 13.7. The summed E-state index contributed by atoms with van der Waals surface area (Å²) in [4.78, 5) is 38.4. The highest BCUT2D eigenvalue weighted by Gasteiger charge is 2.20. The highest BCUT2D eigenvalue weighted by atomic mass is 16.6. The van der Waals surface area contributed by atoms with E-state index in [1.165, 1.54) is 12.1 Å². The van der Waals surface area contributed by atoms with Gasteiger partial charge >= 0.3 is 5.97 Å². The van der Waals surface area contributed by atoms with Crippen LogP contribution < -0.4 is 15.1 Å². The Labute approximate surface area is 169 Å². The first-order valence-electron chi connectivity index (χ1n) is 8.85. The number of nitro groups is 1. The van der Waals surface area contributed by atoms with E-state index in [1.807, 2.05) is 43.3 Å². The van der Waals surface area contributed by atoms with Gasteiger partial charge in [-0.25, -0.2) is 4.79 Å². The maximum absolute atomic E-state index is 12.4. The average Bonchev–Trinajstić information content (AvgIpc) is 2.70. The van der Waals surface area contributed by atoms with Crippen LogP contribution in [0, 0.1) is 10.1 Å². The lowest BCUT2D eigenvalue weighted by Crippen LogP contribution is -2.28. The monoisotopic (exact) mass is 400 g/mol. The smallest absolute Gasteiger partial charge is 0.341 e. The summed E-state index contributed by atoms with van der Waals surface area (Å²) in [6.07, 6.45) is 0. The molecule has 0 unspecified atom stereocenters. The molecule has 0 spiro atoms. The number of carbonyl (C=O) groups is 2. The van der Waals surface area contributed by atoms with E-state index in [4.69, 9.17) is 4.74 Å². The summed E-state index contributed by atoms with van der Waals surface area (Å²) in [5.74, 6) is -1.27. The van der Waals surface area contributed by atoms with Gasteiger partial charge in [-0.15, -0.1) is 0 Å². The standard InChI is InChI=1S/C20H24N4O5/c1-22(2)15-7-5-14(6-8-15)12-21-19(25)13-29-20(26)17-11-16(24(27)28)9-10-18(17)23(3)4/h5-11H,12-13H2,1-4H3,(H,21,25). The lowest BCUT2D eigenvalue weighted by molar-refractivity contribution is -0.384. The maximum Gasteiger partial charge on any atom is 0.341 e. The molecule has 2 aromatic rings. The van der Waals surface area contributed by atoms with E-state index >= 15 is 0 Å². The second-order valence-electron chi connectivity index (χ2n) is 6.77. The van der Waals surface area contributed by atoms with Gasteiger partial charge in [0.2, 0.25) is 0 Å². The van der Waals surface area contributed by atoms with Crippen molar-refractivity contribution in [3.63, 3.8) is 0 Å². The largest absolute Gasteiger partial charge is 0.452 e. The van der Waals surface area contributed by atoms with Crippen LogP contribution in [0.2, 0.25) is 0 Å². The van der Waals surface area contributed by atoms with E-state index in [0.717, 1.165) is 17.3 Å². The van der Waals surface area contributed by atoms with E-state index in [1.54, 1.807) is 19.0 Å². The fourth-order valence-corrected chi connectivity index (χ4v) is 2.56. The molecule has 9 nitrogen and oxygen atoms in total. The van der Waals surface area contributed by atoms with Crippen LogP contribution in [0.5, 0.6) is 0 Å². The highest BCUT2D eigenvalue weighted by molar-refractivity contribution is 5.97. The van der Waals surface area contributed by atoms with Crippen molar-refractivity contribution in [2.24, 2.45) is 0 Å². The number of nitro benzene ring substituents is 1. The van der Waals surface area contributed by atoms with Crippen LogP contribution in [0.3, 0.4) is 0 Å².